The summed E-state index contributed by atoms with van der Waals surface area (Å²) >= 11 is 0. The lowest BCUT2D eigenvalue weighted by Gasteiger charge is -2.33. The fourth-order valence-electron chi connectivity index (χ4n) is 3.26. The Morgan fingerprint density at radius 1 is 1.32 bits per heavy atom. The number of nitrogens with zero attached hydrogens (tertiary/aromatic N) is 2. The number of nitrogens with one attached hydrogen (secondary N) is 2. The number of rotatable bonds is 6. The molecule has 0 radical (unpaired) electrons. The van der Waals surface area contributed by atoms with Gasteiger partial charge in [-0.3, -0.25) is 9.59 Å². The van der Waals surface area contributed by atoms with Gasteiger partial charge in [0.2, 0.25) is 5.91 Å². The molecule has 0 aliphatic carbocycles. The van der Waals surface area contributed by atoms with Gasteiger partial charge in [-0.15, -0.1) is 0 Å². The third-order valence-electron chi connectivity index (χ3n) is 4.59. The van der Waals surface area contributed by atoms with E-state index in [1.54, 1.807) is 6.20 Å². The van der Waals surface area contributed by atoms with Gasteiger partial charge < -0.3 is 10.2 Å². The summed E-state index contributed by atoms with van der Waals surface area (Å²) in [4.78, 5) is 25.9. The van der Waals surface area contributed by atoms with E-state index in [4.69, 9.17) is 0 Å². The van der Waals surface area contributed by atoms with Gasteiger partial charge >= 0.3 is 0 Å². The summed E-state index contributed by atoms with van der Waals surface area (Å²) in [6.45, 7) is 2.18. The van der Waals surface area contributed by atoms with E-state index in [9.17, 15) is 9.59 Å². The summed E-state index contributed by atoms with van der Waals surface area (Å²) in [5, 5.41) is 9.28. The third kappa shape index (κ3) is 4.92. The Morgan fingerprint density at radius 3 is 2.96 bits per heavy atom. The van der Waals surface area contributed by atoms with Crippen LogP contribution in [0.5, 0.6) is 0 Å². The van der Waals surface area contributed by atoms with Crippen molar-refractivity contribution in [1.82, 2.24) is 15.5 Å². The zero-order valence-corrected chi connectivity index (χ0v) is 14.3. The number of carbonyl (C=O) groups excluding carboxylic acids is 1. The average molecular weight is 340 g/mol. The molecular formula is C19H24N4O2. The second kappa shape index (κ2) is 8.46. The van der Waals surface area contributed by atoms with Gasteiger partial charge in [-0.1, -0.05) is 30.3 Å². The van der Waals surface area contributed by atoms with Gasteiger partial charge in [-0.2, -0.15) is 5.10 Å². The lowest BCUT2D eigenvalue weighted by molar-refractivity contribution is -0.125. The highest BCUT2D eigenvalue weighted by Crippen LogP contribution is 2.21. The number of aromatic amines is 1. The van der Waals surface area contributed by atoms with E-state index < -0.39 is 0 Å². The highest BCUT2D eigenvalue weighted by molar-refractivity contribution is 5.79. The molecule has 2 aromatic rings. The maximum atomic E-state index is 12.4. The molecule has 1 amide bonds. The molecule has 1 aliphatic rings. The van der Waals surface area contributed by atoms with Crippen LogP contribution >= 0.6 is 0 Å². The molecule has 1 aliphatic heterocycles. The van der Waals surface area contributed by atoms with Crippen LogP contribution in [0.4, 0.5) is 5.69 Å². The van der Waals surface area contributed by atoms with Crippen molar-refractivity contribution >= 4 is 11.6 Å². The molecular weight excluding hydrogens is 316 g/mol. The minimum Gasteiger partial charge on any atom is -0.369 e. The topological polar surface area (TPSA) is 78.1 Å². The number of hydrogen-bond donors (Lipinski definition) is 2. The SMILES string of the molecule is O=C(NCCCc1ccccc1)C1CCCN(c2cn[nH]c(=O)c2)C1. The number of H-pyrrole nitrogens is 1. The lowest BCUT2D eigenvalue weighted by atomic mass is 9.96. The smallest absolute Gasteiger partial charge is 0.266 e. The van der Waals surface area contributed by atoms with Crippen LogP contribution in [0.25, 0.3) is 0 Å². The van der Waals surface area contributed by atoms with Crippen molar-refractivity contribution in [2.75, 3.05) is 24.5 Å². The molecule has 0 spiro atoms. The van der Waals surface area contributed by atoms with E-state index in [0.717, 1.165) is 37.9 Å². The minimum absolute atomic E-state index is 0.0373. The summed E-state index contributed by atoms with van der Waals surface area (Å²) in [7, 11) is 0. The molecule has 1 atom stereocenters. The molecule has 1 aromatic carbocycles. The first-order chi connectivity index (χ1) is 12.2. The van der Waals surface area contributed by atoms with Crippen molar-refractivity contribution in [3.8, 4) is 0 Å². The summed E-state index contributed by atoms with van der Waals surface area (Å²) < 4.78 is 0. The van der Waals surface area contributed by atoms with Crippen molar-refractivity contribution in [3.05, 3.63) is 58.5 Å². The molecule has 1 aromatic heterocycles. The molecule has 6 heteroatoms. The van der Waals surface area contributed by atoms with E-state index in [1.165, 1.54) is 11.6 Å². The quantitative estimate of drug-likeness (QED) is 0.785. The fraction of sp³-hybridized carbons (Fsp3) is 0.421. The summed E-state index contributed by atoms with van der Waals surface area (Å²) in [6, 6.07) is 11.8. The van der Waals surface area contributed by atoms with Gasteiger partial charge in [-0.05, 0) is 31.2 Å². The number of amides is 1. The Kier molecular flexibility index (Phi) is 5.82. The highest BCUT2D eigenvalue weighted by Gasteiger charge is 2.26. The first kappa shape index (κ1) is 17.2. The molecule has 1 unspecified atom stereocenters. The first-order valence-electron chi connectivity index (χ1n) is 8.84. The van der Waals surface area contributed by atoms with Crippen LogP contribution in [0, 0.1) is 5.92 Å². The van der Waals surface area contributed by atoms with Crippen LogP contribution in [-0.2, 0) is 11.2 Å². The molecule has 6 nitrogen and oxygen atoms in total. The van der Waals surface area contributed by atoms with Gasteiger partial charge in [0.15, 0.2) is 0 Å². The normalized spacial score (nSPS) is 17.3. The largest absolute Gasteiger partial charge is 0.369 e. The molecule has 2 heterocycles. The van der Waals surface area contributed by atoms with Crippen molar-refractivity contribution < 1.29 is 4.79 Å². The predicted octanol–water partition coefficient (Wildman–Crippen LogP) is 1.74. The molecule has 0 saturated carbocycles. The number of piperidine rings is 1. The molecule has 132 valence electrons. The van der Waals surface area contributed by atoms with Crippen molar-refractivity contribution in [3.63, 3.8) is 0 Å². The highest BCUT2D eigenvalue weighted by atomic mass is 16.2. The van der Waals surface area contributed by atoms with Crippen LogP contribution in [-0.4, -0.2) is 35.7 Å². The lowest BCUT2D eigenvalue weighted by Crippen LogP contribution is -2.43. The number of aromatic nitrogens is 2. The van der Waals surface area contributed by atoms with E-state index in [1.807, 2.05) is 18.2 Å². The standard InChI is InChI=1S/C19H24N4O2/c24-18-12-17(13-21-22-18)23-11-5-9-16(14-23)19(25)20-10-4-8-15-6-2-1-3-7-15/h1-3,6-7,12-13,16H,4-5,8-11,14H2,(H,20,25)(H,22,24). The van der Waals surface area contributed by atoms with E-state index >= 15 is 0 Å². The predicted molar refractivity (Wildman–Crippen MR) is 97.6 cm³/mol. The molecule has 1 fully saturated rings. The zero-order valence-electron chi connectivity index (χ0n) is 14.3. The van der Waals surface area contributed by atoms with Crippen LogP contribution in [0.2, 0.25) is 0 Å². The maximum absolute atomic E-state index is 12.4. The summed E-state index contributed by atoms with van der Waals surface area (Å²) in [5.74, 6) is 0.0697. The van der Waals surface area contributed by atoms with Gasteiger partial charge in [-0.25, -0.2) is 5.10 Å². The van der Waals surface area contributed by atoms with Crippen LogP contribution in [0.3, 0.4) is 0 Å². The van der Waals surface area contributed by atoms with E-state index in [0.29, 0.717) is 13.1 Å². The number of aryl methyl sites for hydroxylation is 1. The second-order valence-corrected chi connectivity index (χ2v) is 6.47. The summed E-state index contributed by atoms with van der Waals surface area (Å²) in [6.07, 6.45) is 5.37. The third-order valence-corrected chi connectivity index (χ3v) is 4.59. The molecule has 1 saturated heterocycles. The number of carbonyl (C=O) groups is 1. The van der Waals surface area contributed by atoms with Gasteiger partial charge in [0, 0.05) is 25.7 Å². The Bertz CT molecular complexity index is 744. The minimum atomic E-state index is -0.218. The monoisotopic (exact) mass is 340 g/mol. The Morgan fingerprint density at radius 2 is 2.16 bits per heavy atom. The first-order valence-corrected chi connectivity index (χ1v) is 8.84. The zero-order chi connectivity index (χ0) is 17.5. The average Bonchev–Trinajstić information content (AvgIpc) is 2.66. The van der Waals surface area contributed by atoms with Gasteiger partial charge in [0.05, 0.1) is 17.8 Å². The number of benzene rings is 1. The van der Waals surface area contributed by atoms with Crippen LogP contribution in [0.15, 0.2) is 47.4 Å². The van der Waals surface area contributed by atoms with E-state index in [2.05, 4.69) is 32.5 Å². The van der Waals surface area contributed by atoms with Crippen LogP contribution < -0.4 is 15.8 Å². The molecule has 2 N–H and O–H groups in total. The second-order valence-electron chi connectivity index (χ2n) is 6.47. The van der Waals surface area contributed by atoms with Crippen molar-refractivity contribution in [2.24, 2.45) is 5.92 Å². The Labute approximate surface area is 147 Å². The number of hydrogen-bond acceptors (Lipinski definition) is 4. The van der Waals surface area contributed by atoms with Gasteiger partial charge in [0.1, 0.15) is 0 Å². The molecule has 3 rings (SSSR count). The number of anilines is 1. The molecule has 25 heavy (non-hydrogen) atoms. The summed E-state index contributed by atoms with van der Waals surface area (Å²) in [5.41, 5.74) is 1.86. The van der Waals surface area contributed by atoms with E-state index in [-0.39, 0.29) is 17.4 Å². The van der Waals surface area contributed by atoms with Gasteiger partial charge in [0.25, 0.3) is 5.56 Å². The fourth-order valence-corrected chi connectivity index (χ4v) is 3.26. The van der Waals surface area contributed by atoms with Crippen molar-refractivity contribution in [2.45, 2.75) is 25.7 Å². The van der Waals surface area contributed by atoms with Crippen molar-refractivity contribution in [1.29, 1.82) is 0 Å². The maximum Gasteiger partial charge on any atom is 0.266 e. The molecule has 0 bridgehead atoms. The van der Waals surface area contributed by atoms with Crippen LogP contribution in [0.1, 0.15) is 24.8 Å². The Hall–Kier alpha value is -2.63. The Balaban J connectivity index is 1.46.